The quantitative estimate of drug-likeness (QED) is 0.444. The lowest BCUT2D eigenvalue weighted by atomic mass is 10.0. The molecule has 2 aliphatic rings. The van der Waals surface area contributed by atoms with Crippen molar-refractivity contribution in [3.63, 3.8) is 0 Å². The van der Waals surface area contributed by atoms with Crippen LogP contribution in [0, 0.1) is 0 Å². The Morgan fingerprint density at radius 1 is 1.13 bits per heavy atom. The van der Waals surface area contributed by atoms with E-state index in [0.29, 0.717) is 17.6 Å². The number of thioether (sulfide) groups is 1. The predicted octanol–water partition coefficient (Wildman–Crippen LogP) is 4.47. The van der Waals surface area contributed by atoms with E-state index < -0.39 is 11.7 Å². The summed E-state index contributed by atoms with van der Waals surface area (Å²) in [4.78, 5) is 8.10. The highest BCUT2D eigenvalue weighted by atomic mass is 32.2. The van der Waals surface area contributed by atoms with Crippen molar-refractivity contribution in [2.24, 2.45) is 0 Å². The highest BCUT2D eigenvalue weighted by molar-refractivity contribution is 7.98. The maximum absolute atomic E-state index is 13.8. The van der Waals surface area contributed by atoms with Crippen LogP contribution in [0.2, 0.25) is 0 Å². The molecule has 0 aromatic carbocycles. The third-order valence-electron chi connectivity index (χ3n) is 5.64. The Morgan fingerprint density at radius 2 is 2.00 bits per heavy atom. The average molecular weight is 438 g/mol. The van der Waals surface area contributed by atoms with Gasteiger partial charge in [0.15, 0.2) is 17.0 Å². The first-order valence-corrected chi connectivity index (χ1v) is 11.3. The number of rotatable bonds is 3. The van der Waals surface area contributed by atoms with Gasteiger partial charge in [-0.05, 0) is 44.8 Å². The molecule has 2 aliphatic heterocycles. The van der Waals surface area contributed by atoms with Gasteiger partial charge in [-0.3, -0.25) is 4.68 Å². The molecule has 7 nitrogen and oxygen atoms in total. The standard InChI is InChI=1S/C19H21F3N6OS/c1-30-18-23-10-11(19(20,21)22)15(24-18)16-14-12-6-2-4-8-27(12)26-17(14)28(25-16)13-7-3-5-9-29-13/h10,13H,2-9H2,1H3. The fourth-order valence-corrected chi connectivity index (χ4v) is 4.56. The first-order chi connectivity index (χ1) is 14.5. The van der Waals surface area contributed by atoms with Crippen LogP contribution in [0.3, 0.4) is 0 Å². The molecule has 5 rings (SSSR count). The van der Waals surface area contributed by atoms with E-state index in [4.69, 9.17) is 9.84 Å². The minimum Gasteiger partial charge on any atom is -0.356 e. The topological polar surface area (TPSA) is 70.7 Å². The van der Waals surface area contributed by atoms with Gasteiger partial charge < -0.3 is 4.74 Å². The molecule has 11 heteroatoms. The Hall–Kier alpha value is -2.14. The fourth-order valence-electron chi connectivity index (χ4n) is 4.22. The Bertz CT molecular complexity index is 1090. The second-order valence-electron chi connectivity index (χ2n) is 7.56. The zero-order valence-electron chi connectivity index (χ0n) is 16.4. The molecular formula is C19H21F3N6OS. The summed E-state index contributed by atoms with van der Waals surface area (Å²) < 4.78 is 50.9. The molecular weight excluding hydrogens is 417 g/mol. The second-order valence-corrected chi connectivity index (χ2v) is 8.33. The lowest BCUT2D eigenvalue weighted by Gasteiger charge is -2.22. The Balaban J connectivity index is 1.78. The third kappa shape index (κ3) is 3.27. The second kappa shape index (κ2) is 7.52. The fraction of sp³-hybridized carbons (Fsp3) is 0.579. The number of hydrogen-bond donors (Lipinski definition) is 0. The maximum Gasteiger partial charge on any atom is 0.420 e. The molecule has 1 atom stereocenters. The van der Waals surface area contributed by atoms with Crippen LogP contribution in [0.5, 0.6) is 0 Å². The van der Waals surface area contributed by atoms with Gasteiger partial charge in [0.25, 0.3) is 0 Å². The number of aryl methyl sites for hydroxylation is 2. The maximum atomic E-state index is 13.8. The van der Waals surface area contributed by atoms with Crippen LogP contribution in [0.25, 0.3) is 22.4 Å². The molecule has 160 valence electrons. The van der Waals surface area contributed by atoms with Gasteiger partial charge in [0, 0.05) is 19.3 Å². The van der Waals surface area contributed by atoms with Gasteiger partial charge in [0.05, 0.1) is 11.1 Å². The number of fused-ring (bicyclic) bond motifs is 3. The van der Waals surface area contributed by atoms with Gasteiger partial charge in [-0.2, -0.15) is 23.4 Å². The van der Waals surface area contributed by atoms with E-state index in [1.165, 1.54) is 11.8 Å². The van der Waals surface area contributed by atoms with E-state index in [1.807, 2.05) is 4.68 Å². The molecule has 30 heavy (non-hydrogen) atoms. The predicted molar refractivity (Wildman–Crippen MR) is 105 cm³/mol. The van der Waals surface area contributed by atoms with Gasteiger partial charge in [0.2, 0.25) is 0 Å². The van der Waals surface area contributed by atoms with Gasteiger partial charge in [-0.15, -0.1) is 0 Å². The largest absolute Gasteiger partial charge is 0.420 e. The number of hydrogen-bond acceptors (Lipinski definition) is 6. The molecule has 3 aromatic rings. The van der Waals surface area contributed by atoms with Crippen LogP contribution < -0.4 is 0 Å². The number of aromatic nitrogens is 6. The normalized spacial score (nSPS) is 19.9. The smallest absolute Gasteiger partial charge is 0.356 e. The minimum absolute atomic E-state index is 0.192. The minimum atomic E-state index is -4.59. The number of ether oxygens (including phenoxy) is 1. The molecule has 0 aliphatic carbocycles. The van der Waals surface area contributed by atoms with Crippen LogP contribution >= 0.6 is 11.8 Å². The highest BCUT2D eigenvalue weighted by Gasteiger charge is 2.38. The number of nitrogens with zero attached hydrogens (tertiary/aromatic N) is 6. The van der Waals surface area contributed by atoms with Crippen LogP contribution in [-0.4, -0.2) is 42.4 Å². The van der Waals surface area contributed by atoms with Crippen molar-refractivity contribution in [3.8, 4) is 11.4 Å². The van der Waals surface area contributed by atoms with Crippen molar-refractivity contribution in [2.45, 2.75) is 62.6 Å². The Kier molecular flexibility index (Phi) is 4.97. The van der Waals surface area contributed by atoms with Crippen LogP contribution in [0.1, 0.15) is 49.6 Å². The molecule has 3 aromatic heterocycles. The molecule has 0 N–H and O–H groups in total. The SMILES string of the molecule is CSc1ncc(C(F)(F)F)c(-c2nn(C3CCCCO3)c3nn4c(c23)CCCC4)n1. The molecule has 0 saturated carbocycles. The summed E-state index contributed by atoms with van der Waals surface area (Å²) in [6, 6.07) is 0. The summed E-state index contributed by atoms with van der Waals surface area (Å²) >= 11 is 1.20. The molecule has 1 saturated heterocycles. The first kappa shape index (κ1) is 19.8. The summed E-state index contributed by atoms with van der Waals surface area (Å²) in [6.45, 7) is 1.35. The summed E-state index contributed by atoms with van der Waals surface area (Å²) in [6.07, 6.45) is 3.09. The van der Waals surface area contributed by atoms with E-state index >= 15 is 0 Å². The lowest BCUT2D eigenvalue weighted by molar-refractivity contribution is -0.137. The summed E-state index contributed by atoms with van der Waals surface area (Å²) in [5, 5.41) is 10.3. The lowest BCUT2D eigenvalue weighted by Crippen LogP contribution is -2.20. The Morgan fingerprint density at radius 3 is 2.73 bits per heavy atom. The van der Waals surface area contributed by atoms with Crippen molar-refractivity contribution >= 4 is 22.8 Å². The van der Waals surface area contributed by atoms with Gasteiger partial charge in [0.1, 0.15) is 17.0 Å². The van der Waals surface area contributed by atoms with Crippen LogP contribution in [0.15, 0.2) is 11.4 Å². The van der Waals surface area contributed by atoms with Crippen molar-refractivity contribution in [2.75, 3.05) is 12.9 Å². The van der Waals surface area contributed by atoms with E-state index in [1.54, 1.807) is 10.9 Å². The van der Waals surface area contributed by atoms with E-state index in [9.17, 15) is 13.2 Å². The highest BCUT2D eigenvalue weighted by Crippen LogP contribution is 2.41. The van der Waals surface area contributed by atoms with Crippen molar-refractivity contribution in [1.29, 1.82) is 0 Å². The van der Waals surface area contributed by atoms with Crippen molar-refractivity contribution < 1.29 is 17.9 Å². The zero-order chi connectivity index (χ0) is 20.9. The third-order valence-corrected chi connectivity index (χ3v) is 6.20. The zero-order valence-corrected chi connectivity index (χ0v) is 17.3. The van der Waals surface area contributed by atoms with Crippen LogP contribution in [-0.2, 0) is 23.9 Å². The van der Waals surface area contributed by atoms with Gasteiger partial charge in [-0.1, -0.05) is 11.8 Å². The molecule has 1 fully saturated rings. The van der Waals surface area contributed by atoms with Crippen LogP contribution in [0.4, 0.5) is 13.2 Å². The molecule has 0 spiro atoms. The van der Waals surface area contributed by atoms with E-state index in [-0.39, 0.29) is 22.8 Å². The first-order valence-electron chi connectivity index (χ1n) is 10.1. The summed E-state index contributed by atoms with van der Waals surface area (Å²) in [5.41, 5.74) is 0.638. The Labute approximate surface area is 175 Å². The number of halogens is 3. The molecule has 0 amide bonds. The number of alkyl halides is 3. The summed E-state index contributed by atoms with van der Waals surface area (Å²) in [7, 11) is 0. The van der Waals surface area contributed by atoms with Gasteiger partial charge in [-0.25, -0.2) is 14.6 Å². The molecule has 5 heterocycles. The average Bonchev–Trinajstić information content (AvgIpc) is 3.30. The monoisotopic (exact) mass is 438 g/mol. The molecule has 1 unspecified atom stereocenters. The van der Waals surface area contributed by atoms with Gasteiger partial charge >= 0.3 is 6.18 Å². The summed E-state index contributed by atoms with van der Waals surface area (Å²) in [5.74, 6) is 0. The molecule has 0 radical (unpaired) electrons. The van der Waals surface area contributed by atoms with Crippen molar-refractivity contribution in [1.82, 2.24) is 29.5 Å². The molecule has 0 bridgehead atoms. The van der Waals surface area contributed by atoms with Crippen molar-refractivity contribution in [3.05, 3.63) is 17.5 Å². The van der Waals surface area contributed by atoms with E-state index in [2.05, 4.69) is 15.1 Å². The van der Waals surface area contributed by atoms with E-state index in [0.717, 1.165) is 57.0 Å².